The van der Waals surface area contributed by atoms with Crippen LogP contribution in [0.15, 0.2) is 35.8 Å². The summed E-state index contributed by atoms with van der Waals surface area (Å²) >= 11 is 1.48. The summed E-state index contributed by atoms with van der Waals surface area (Å²) in [6.07, 6.45) is 2.54. The molecule has 0 atom stereocenters. The molecule has 0 aromatic carbocycles. The first kappa shape index (κ1) is 20.3. The summed E-state index contributed by atoms with van der Waals surface area (Å²) in [6, 6.07) is 7.46. The van der Waals surface area contributed by atoms with Crippen molar-refractivity contribution in [2.24, 2.45) is 0 Å². The average Bonchev–Trinajstić information content (AvgIpc) is 3.25. The fourth-order valence-corrected chi connectivity index (χ4v) is 3.79. The summed E-state index contributed by atoms with van der Waals surface area (Å²) < 4.78 is 0. The van der Waals surface area contributed by atoms with Crippen molar-refractivity contribution in [3.05, 3.63) is 46.3 Å². The van der Waals surface area contributed by atoms with Crippen molar-refractivity contribution in [2.45, 2.75) is 6.42 Å². The number of rotatable bonds is 7. The molecule has 0 bridgehead atoms. The number of amides is 2. The van der Waals surface area contributed by atoms with Gasteiger partial charge >= 0.3 is 0 Å². The molecule has 1 saturated heterocycles. The van der Waals surface area contributed by atoms with Gasteiger partial charge in [-0.05, 0) is 50.6 Å². The number of hydrogen-bond acceptors (Lipinski definition) is 6. The Morgan fingerprint density at radius 2 is 1.96 bits per heavy atom. The van der Waals surface area contributed by atoms with E-state index in [0.29, 0.717) is 25.2 Å². The number of carbonyl (C=O) groups is 2. The number of aromatic nitrogens is 1. The highest BCUT2D eigenvalue weighted by Gasteiger charge is 2.23. The SMILES string of the molecule is CN(C)CCCNC(=O)c1ccc(N2CCN(C(=O)c3cccs3)CC2)nc1. The number of thiophene rings is 1. The van der Waals surface area contributed by atoms with Crippen molar-refractivity contribution in [2.75, 3.05) is 58.3 Å². The van der Waals surface area contributed by atoms with Crippen molar-refractivity contribution in [3.8, 4) is 0 Å². The van der Waals surface area contributed by atoms with Crippen molar-refractivity contribution in [1.29, 1.82) is 0 Å². The second-order valence-corrected chi connectivity index (χ2v) is 8.02. The lowest BCUT2D eigenvalue weighted by atomic mass is 10.2. The molecule has 1 fully saturated rings. The molecule has 0 unspecified atom stereocenters. The van der Waals surface area contributed by atoms with Crippen LogP contribution in [0.25, 0.3) is 0 Å². The standard InChI is InChI=1S/C20H27N5O2S/c1-23(2)9-4-8-21-19(26)16-6-7-18(22-15-16)24-10-12-25(13-11-24)20(27)17-5-3-14-28-17/h3,5-7,14-15H,4,8-13H2,1-2H3,(H,21,26). The van der Waals surface area contributed by atoms with Crippen LogP contribution in [0.4, 0.5) is 5.82 Å². The molecule has 1 aliphatic heterocycles. The van der Waals surface area contributed by atoms with Crippen LogP contribution >= 0.6 is 11.3 Å². The van der Waals surface area contributed by atoms with E-state index in [0.717, 1.165) is 36.8 Å². The van der Waals surface area contributed by atoms with Gasteiger partial charge in [-0.3, -0.25) is 9.59 Å². The second-order valence-electron chi connectivity index (χ2n) is 7.07. The molecule has 0 spiro atoms. The summed E-state index contributed by atoms with van der Waals surface area (Å²) in [4.78, 5) is 36.0. The molecular weight excluding hydrogens is 374 g/mol. The van der Waals surface area contributed by atoms with Crippen LogP contribution in [0.5, 0.6) is 0 Å². The molecule has 28 heavy (non-hydrogen) atoms. The molecule has 150 valence electrons. The van der Waals surface area contributed by atoms with Crippen molar-refractivity contribution >= 4 is 29.0 Å². The average molecular weight is 402 g/mol. The lowest BCUT2D eigenvalue weighted by Gasteiger charge is -2.35. The largest absolute Gasteiger partial charge is 0.353 e. The van der Waals surface area contributed by atoms with E-state index in [1.807, 2.05) is 48.6 Å². The van der Waals surface area contributed by atoms with Crippen molar-refractivity contribution in [3.63, 3.8) is 0 Å². The van der Waals surface area contributed by atoms with Crippen LogP contribution in [0.1, 0.15) is 26.5 Å². The van der Waals surface area contributed by atoms with Gasteiger partial charge in [0, 0.05) is 38.9 Å². The Bertz CT molecular complexity index is 768. The Labute approximate surface area is 170 Å². The minimum Gasteiger partial charge on any atom is -0.353 e. The molecule has 2 amide bonds. The molecule has 8 heteroatoms. The molecule has 1 aliphatic rings. The lowest BCUT2D eigenvalue weighted by molar-refractivity contribution is 0.0751. The second kappa shape index (κ2) is 9.66. The van der Waals surface area contributed by atoms with E-state index in [9.17, 15) is 9.59 Å². The Morgan fingerprint density at radius 1 is 1.18 bits per heavy atom. The minimum absolute atomic E-state index is 0.0934. The van der Waals surface area contributed by atoms with Gasteiger partial charge in [-0.15, -0.1) is 11.3 Å². The normalized spacial score (nSPS) is 14.4. The number of pyridine rings is 1. The Morgan fingerprint density at radius 3 is 2.57 bits per heavy atom. The number of nitrogens with zero attached hydrogens (tertiary/aromatic N) is 4. The smallest absolute Gasteiger partial charge is 0.264 e. The highest BCUT2D eigenvalue weighted by molar-refractivity contribution is 7.12. The monoisotopic (exact) mass is 401 g/mol. The molecular formula is C20H27N5O2S. The zero-order chi connectivity index (χ0) is 19.9. The highest BCUT2D eigenvalue weighted by atomic mass is 32.1. The van der Waals surface area contributed by atoms with Gasteiger partial charge in [0.1, 0.15) is 5.82 Å². The molecule has 0 aliphatic carbocycles. The third-order valence-corrected chi connectivity index (χ3v) is 5.56. The van der Waals surface area contributed by atoms with E-state index in [2.05, 4.69) is 20.1 Å². The van der Waals surface area contributed by atoms with E-state index in [4.69, 9.17) is 0 Å². The van der Waals surface area contributed by atoms with E-state index >= 15 is 0 Å². The third-order valence-electron chi connectivity index (χ3n) is 4.70. The fraction of sp³-hybridized carbons (Fsp3) is 0.450. The number of nitrogens with one attached hydrogen (secondary N) is 1. The molecule has 3 heterocycles. The predicted molar refractivity (Wildman–Crippen MR) is 112 cm³/mol. The maximum Gasteiger partial charge on any atom is 0.264 e. The van der Waals surface area contributed by atoms with Crippen LogP contribution in [-0.2, 0) is 0 Å². The Balaban J connectivity index is 1.48. The van der Waals surface area contributed by atoms with Crippen LogP contribution in [0.2, 0.25) is 0 Å². The Hall–Kier alpha value is -2.45. The summed E-state index contributed by atoms with van der Waals surface area (Å²) in [5.74, 6) is 0.848. The quantitative estimate of drug-likeness (QED) is 0.717. The number of hydrogen-bond donors (Lipinski definition) is 1. The van der Waals surface area contributed by atoms with Crippen LogP contribution in [-0.4, -0.2) is 80.0 Å². The first-order chi connectivity index (χ1) is 13.5. The zero-order valence-corrected chi connectivity index (χ0v) is 17.2. The Kier molecular flexibility index (Phi) is 7.00. The van der Waals surface area contributed by atoms with Crippen molar-refractivity contribution in [1.82, 2.24) is 20.1 Å². The fourth-order valence-electron chi connectivity index (χ4n) is 3.10. The molecule has 1 N–H and O–H groups in total. The van der Waals surface area contributed by atoms with Gasteiger partial charge in [0.05, 0.1) is 10.4 Å². The number of anilines is 1. The summed E-state index contributed by atoms with van der Waals surface area (Å²) in [7, 11) is 4.03. The van der Waals surface area contributed by atoms with Crippen LogP contribution in [0.3, 0.4) is 0 Å². The maximum absolute atomic E-state index is 12.4. The highest BCUT2D eigenvalue weighted by Crippen LogP contribution is 2.17. The minimum atomic E-state index is -0.0934. The predicted octanol–water partition coefficient (Wildman–Crippen LogP) is 1.79. The lowest BCUT2D eigenvalue weighted by Crippen LogP contribution is -2.48. The topological polar surface area (TPSA) is 68.8 Å². The molecule has 0 saturated carbocycles. The molecule has 0 radical (unpaired) electrons. The summed E-state index contributed by atoms with van der Waals surface area (Å²) in [5.41, 5.74) is 0.570. The van der Waals surface area contributed by atoms with E-state index < -0.39 is 0 Å². The van der Waals surface area contributed by atoms with Crippen molar-refractivity contribution < 1.29 is 9.59 Å². The zero-order valence-electron chi connectivity index (χ0n) is 16.4. The van der Waals surface area contributed by atoms with Crippen LogP contribution < -0.4 is 10.2 Å². The van der Waals surface area contributed by atoms with Gasteiger partial charge in [-0.1, -0.05) is 6.07 Å². The van der Waals surface area contributed by atoms with E-state index in [1.54, 1.807) is 6.20 Å². The number of carbonyl (C=O) groups excluding carboxylic acids is 2. The van der Waals surface area contributed by atoms with E-state index in [1.165, 1.54) is 11.3 Å². The molecule has 3 rings (SSSR count). The third kappa shape index (κ3) is 5.30. The van der Waals surface area contributed by atoms with Gasteiger partial charge in [0.15, 0.2) is 0 Å². The number of piperazine rings is 1. The summed E-state index contributed by atoms with van der Waals surface area (Å²) in [6.45, 7) is 4.41. The van der Waals surface area contributed by atoms with Gasteiger partial charge in [-0.25, -0.2) is 4.98 Å². The first-order valence-corrected chi connectivity index (χ1v) is 10.4. The maximum atomic E-state index is 12.4. The van der Waals surface area contributed by atoms with Gasteiger partial charge in [-0.2, -0.15) is 0 Å². The first-order valence-electron chi connectivity index (χ1n) is 9.51. The molecule has 2 aromatic heterocycles. The van der Waals surface area contributed by atoms with Gasteiger partial charge in [0.2, 0.25) is 0 Å². The molecule has 2 aromatic rings. The van der Waals surface area contributed by atoms with E-state index in [-0.39, 0.29) is 11.8 Å². The summed E-state index contributed by atoms with van der Waals surface area (Å²) in [5, 5.41) is 4.85. The van der Waals surface area contributed by atoms with Gasteiger partial charge < -0.3 is 20.0 Å². The molecule has 7 nitrogen and oxygen atoms in total. The van der Waals surface area contributed by atoms with Gasteiger partial charge in [0.25, 0.3) is 11.8 Å². The van der Waals surface area contributed by atoms with Crippen LogP contribution in [0, 0.1) is 0 Å².